The highest BCUT2D eigenvalue weighted by Gasteiger charge is 2.24. The summed E-state index contributed by atoms with van der Waals surface area (Å²) >= 11 is 1.21. The Morgan fingerprint density at radius 1 is 1.39 bits per heavy atom. The van der Waals surface area contributed by atoms with Crippen LogP contribution in [-0.2, 0) is 9.59 Å². The monoisotopic (exact) mass is 342 g/mol. The van der Waals surface area contributed by atoms with Crippen LogP contribution >= 0.6 is 11.8 Å². The van der Waals surface area contributed by atoms with E-state index in [1.54, 1.807) is 14.0 Å². The molecule has 1 N–H and O–H groups in total. The van der Waals surface area contributed by atoms with Gasteiger partial charge in [-0.2, -0.15) is 0 Å². The number of benzene rings is 1. The van der Waals surface area contributed by atoms with Crippen LogP contribution in [0.5, 0.6) is 0 Å². The van der Waals surface area contributed by atoms with Crippen LogP contribution in [0.3, 0.4) is 0 Å². The fourth-order valence-corrected chi connectivity index (χ4v) is 3.00. The van der Waals surface area contributed by atoms with Crippen molar-refractivity contribution in [2.24, 2.45) is 0 Å². The molecule has 0 radical (unpaired) electrons. The molecule has 2 rings (SSSR count). The predicted octanol–water partition coefficient (Wildman–Crippen LogP) is 2.50. The summed E-state index contributed by atoms with van der Waals surface area (Å²) in [6.45, 7) is 1.73. The molecular weight excluding hydrogens is 322 g/mol. The van der Waals surface area contributed by atoms with Gasteiger partial charge in [0.05, 0.1) is 12.3 Å². The number of halogens is 2. The molecule has 0 bridgehead atoms. The Bertz CT molecular complexity index is 593. The lowest BCUT2D eigenvalue weighted by Crippen LogP contribution is -2.39. The van der Waals surface area contributed by atoms with Gasteiger partial charge in [-0.05, 0) is 38.0 Å². The first kappa shape index (κ1) is 17.7. The molecule has 1 unspecified atom stereocenters. The Balaban J connectivity index is 1.80. The van der Waals surface area contributed by atoms with Crippen molar-refractivity contribution in [2.75, 3.05) is 19.3 Å². The minimum atomic E-state index is -0.506. The number of nitrogens with one attached hydrogen (secondary N) is 1. The van der Waals surface area contributed by atoms with Gasteiger partial charge in [-0.3, -0.25) is 9.59 Å². The van der Waals surface area contributed by atoms with Gasteiger partial charge in [0, 0.05) is 23.9 Å². The van der Waals surface area contributed by atoms with E-state index in [2.05, 4.69) is 5.32 Å². The Morgan fingerprint density at radius 2 is 2.09 bits per heavy atom. The zero-order valence-electron chi connectivity index (χ0n) is 13.1. The first-order valence-electron chi connectivity index (χ1n) is 7.46. The topological polar surface area (TPSA) is 49.4 Å². The summed E-state index contributed by atoms with van der Waals surface area (Å²) in [5, 5.41) is 2.46. The number of hydrogen-bond donors (Lipinski definition) is 1. The van der Waals surface area contributed by atoms with Crippen molar-refractivity contribution >= 4 is 23.6 Å². The van der Waals surface area contributed by atoms with E-state index in [9.17, 15) is 18.4 Å². The van der Waals surface area contributed by atoms with Crippen molar-refractivity contribution in [1.82, 2.24) is 10.2 Å². The summed E-state index contributed by atoms with van der Waals surface area (Å²) < 4.78 is 26.9. The smallest absolute Gasteiger partial charge is 0.239 e. The molecule has 0 saturated heterocycles. The summed E-state index contributed by atoms with van der Waals surface area (Å²) in [6.07, 6.45) is 1.99. The Kier molecular flexibility index (Phi) is 5.98. The lowest BCUT2D eigenvalue weighted by molar-refractivity contribution is -0.132. The fourth-order valence-electron chi connectivity index (χ4n) is 2.03. The minimum absolute atomic E-state index is 0.0125. The lowest BCUT2D eigenvalue weighted by atomic mass is 10.1. The van der Waals surface area contributed by atoms with E-state index in [1.807, 2.05) is 0 Å². The highest BCUT2D eigenvalue weighted by atomic mass is 32.2. The lowest BCUT2D eigenvalue weighted by Gasteiger charge is -2.18. The van der Waals surface area contributed by atoms with Gasteiger partial charge < -0.3 is 10.2 Å². The molecule has 1 aromatic carbocycles. The maximum Gasteiger partial charge on any atom is 0.239 e. The Labute approximate surface area is 138 Å². The van der Waals surface area contributed by atoms with Gasteiger partial charge in [0.25, 0.3) is 0 Å². The van der Waals surface area contributed by atoms with Crippen LogP contribution in [0.15, 0.2) is 18.2 Å². The van der Waals surface area contributed by atoms with Crippen LogP contribution in [0.2, 0.25) is 0 Å². The second-order valence-electron chi connectivity index (χ2n) is 5.71. The van der Waals surface area contributed by atoms with Gasteiger partial charge in [0.2, 0.25) is 11.8 Å². The quantitative estimate of drug-likeness (QED) is 0.828. The number of rotatable bonds is 7. The van der Waals surface area contributed by atoms with E-state index < -0.39 is 11.6 Å². The molecule has 1 aliphatic rings. The van der Waals surface area contributed by atoms with Gasteiger partial charge >= 0.3 is 0 Å². The molecular formula is C16H20F2N2O2S. The summed E-state index contributed by atoms with van der Waals surface area (Å²) in [4.78, 5) is 25.0. The van der Waals surface area contributed by atoms with E-state index in [4.69, 9.17) is 0 Å². The summed E-state index contributed by atoms with van der Waals surface area (Å²) in [5.41, 5.74) is 0.233. The molecule has 0 aromatic heterocycles. The average molecular weight is 342 g/mol. The van der Waals surface area contributed by atoms with Crippen LogP contribution in [0.4, 0.5) is 8.78 Å². The maximum absolute atomic E-state index is 13.7. The van der Waals surface area contributed by atoms with Crippen molar-refractivity contribution in [3.63, 3.8) is 0 Å². The molecule has 1 aliphatic carbocycles. The van der Waals surface area contributed by atoms with Gasteiger partial charge in [-0.25, -0.2) is 8.78 Å². The number of likely N-dealkylation sites (N-methyl/N-ethyl adjacent to an activating group) is 1. The van der Waals surface area contributed by atoms with E-state index in [0.29, 0.717) is 0 Å². The van der Waals surface area contributed by atoms with E-state index in [1.165, 1.54) is 16.7 Å². The standard InChI is InChI=1S/C16H20F2N2O2S/c1-10(13-7-11(17)3-6-14(13)18)23-9-16(22)20(2)8-15(21)19-12-4-5-12/h3,6-7,10,12H,4-5,8-9H2,1-2H3,(H,19,21). The predicted molar refractivity (Wildman–Crippen MR) is 86.0 cm³/mol. The first-order chi connectivity index (χ1) is 10.9. The average Bonchev–Trinajstić information content (AvgIpc) is 3.30. The Hall–Kier alpha value is -1.63. The molecule has 126 valence electrons. The number of thioether (sulfide) groups is 1. The zero-order valence-corrected chi connectivity index (χ0v) is 14.0. The van der Waals surface area contributed by atoms with E-state index in [0.717, 1.165) is 31.0 Å². The summed E-state index contributed by atoms with van der Waals surface area (Å²) in [5.74, 6) is -1.28. The molecule has 23 heavy (non-hydrogen) atoms. The van der Waals surface area contributed by atoms with Crippen molar-refractivity contribution in [1.29, 1.82) is 0 Å². The molecule has 1 fully saturated rings. The highest BCUT2D eigenvalue weighted by Crippen LogP contribution is 2.30. The number of carbonyl (C=O) groups excluding carboxylic acids is 2. The molecule has 1 aromatic rings. The van der Waals surface area contributed by atoms with Crippen LogP contribution in [0.25, 0.3) is 0 Å². The number of amides is 2. The van der Waals surface area contributed by atoms with Crippen LogP contribution in [-0.4, -0.2) is 42.1 Å². The highest BCUT2D eigenvalue weighted by molar-refractivity contribution is 8.00. The van der Waals surface area contributed by atoms with Gasteiger partial charge in [-0.1, -0.05) is 0 Å². The molecule has 1 atom stereocenters. The van der Waals surface area contributed by atoms with Crippen molar-refractivity contribution < 1.29 is 18.4 Å². The molecule has 4 nitrogen and oxygen atoms in total. The van der Waals surface area contributed by atoms with E-state index in [-0.39, 0.29) is 41.0 Å². The molecule has 0 heterocycles. The summed E-state index contributed by atoms with van der Waals surface area (Å²) in [7, 11) is 1.56. The van der Waals surface area contributed by atoms with Gasteiger partial charge in [0.1, 0.15) is 11.6 Å². The van der Waals surface area contributed by atoms with E-state index >= 15 is 0 Å². The third-order valence-corrected chi connectivity index (χ3v) is 4.77. The molecule has 0 spiro atoms. The fraction of sp³-hybridized carbons (Fsp3) is 0.500. The number of hydrogen-bond acceptors (Lipinski definition) is 3. The maximum atomic E-state index is 13.7. The minimum Gasteiger partial charge on any atom is -0.352 e. The number of nitrogens with zero attached hydrogens (tertiary/aromatic N) is 1. The molecule has 7 heteroatoms. The molecule has 2 amide bonds. The third-order valence-electron chi connectivity index (χ3n) is 3.60. The van der Waals surface area contributed by atoms with Crippen LogP contribution < -0.4 is 5.32 Å². The van der Waals surface area contributed by atoms with Gasteiger partial charge in [-0.15, -0.1) is 11.8 Å². The largest absolute Gasteiger partial charge is 0.352 e. The van der Waals surface area contributed by atoms with Crippen LogP contribution in [0, 0.1) is 11.6 Å². The number of carbonyl (C=O) groups is 2. The molecule has 1 saturated carbocycles. The normalized spacial score (nSPS) is 15.1. The second kappa shape index (κ2) is 7.77. The summed E-state index contributed by atoms with van der Waals surface area (Å²) in [6, 6.07) is 3.55. The van der Waals surface area contributed by atoms with Crippen molar-refractivity contribution in [3.8, 4) is 0 Å². The zero-order chi connectivity index (χ0) is 17.0. The van der Waals surface area contributed by atoms with Gasteiger partial charge in [0.15, 0.2) is 0 Å². The SMILES string of the molecule is CC(SCC(=O)N(C)CC(=O)NC1CC1)c1cc(F)ccc1F. The molecule has 0 aliphatic heterocycles. The Morgan fingerprint density at radius 3 is 2.74 bits per heavy atom. The van der Waals surface area contributed by atoms with Crippen molar-refractivity contribution in [2.45, 2.75) is 31.1 Å². The first-order valence-corrected chi connectivity index (χ1v) is 8.51. The van der Waals surface area contributed by atoms with Crippen molar-refractivity contribution in [3.05, 3.63) is 35.4 Å². The third kappa shape index (κ3) is 5.49. The van der Waals surface area contributed by atoms with Crippen LogP contribution in [0.1, 0.15) is 30.6 Å². The second-order valence-corrected chi connectivity index (χ2v) is 7.04.